The van der Waals surface area contributed by atoms with Gasteiger partial charge in [0.1, 0.15) is 24.2 Å². The second-order valence-corrected chi connectivity index (χ2v) is 10.3. The van der Waals surface area contributed by atoms with Crippen molar-refractivity contribution in [3.05, 3.63) is 59.9 Å². The minimum atomic E-state index is -3.83. The molecule has 0 heterocycles. The van der Waals surface area contributed by atoms with E-state index in [-0.39, 0.29) is 12.5 Å². The van der Waals surface area contributed by atoms with E-state index in [9.17, 15) is 22.4 Å². The van der Waals surface area contributed by atoms with Crippen LogP contribution in [0.5, 0.6) is 5.75 Å². The third kappa shape index (κ3) is 8.51. The summed E-state index contributed by atoms with van der Waals surface area (Å²) in [5.74, 6) is -0.696. The number of nitrogens with one attached hydrogen (secondary N) is 1. The standard InChI is InChI=1S/C26H36FN3O5S/c1-5-8-17-28-26(32)24(6-2)29(18-20-9-11-21(27)12-10-20)25(31)19-30(36(4,33)34)22-13-15-23(16-14-22)35-7-3/h9-16,24H,5-8,17-19H2,1-4H3,(H,28,32)/t24-/m0/s1. The minimum Gasteiger partial charge on any atom is -0.494 e. The molecule has 0 saturated carbocycles. The number of anilines is 1. The number of unbranched alkanes of at least 4 members (excludes halogenated alkanes) is 1. The molecule has 198 valence electrons. The van der Waals surface area contributed by atoms with Gasteiger partial charge in [0, 0.05) is 13.1 Å². The highest BCUT2D eigenvalue weighted by atomic mass is 32.2. The van der Waals surface area contributed by atoms with Crippen LogP contribution in [0.15, 0.2) is 48.5 Å². The van der Waals surface area contributed by atoms with Gasteiger partial charge in [-0.15, -0.1) is 0 Å². The van der Waals surface area contributed by atoms with Gasteiger partial charge in [-0.05, 0) is 61.7 Å². The first-order valence-electron chi connectivity index (χ1n) is 12.1. The fourth-order valence-electron chi connectivity index (χ4n) is 3.70. The van der Waals surface area contributed by atoms with E-state index in [0.29, 0.717) is 36.6 Å². The monoisotopic (exact) mass is 521 g/mol. The number of hydrogen-bond acceptors (Lipinski definition) is 5. The first-order chi connectivity index (χ1) is 17.1. The van der Waals surface area contributed by atoms with Gasteiger partial charge in [0.15, 0.2) is 0 Å². The van der Waals surface area contributed by atoms with Gasteiger partial charge in [0.25, 0.3) is 0 Å². The van der Waals surface area contributed by atoms with E-state index in [2.05, 4.69) is 5.32 Å². The van der Waals surface area contributed by atoms with Crippen LogP contribution >= 0.6 is 0 Å². The van der Waals surface area contributed by atoms with Crippen LogP contribution in [-0.4, -0.2) is 57.1 Å². The SMILES string of the molecule is CCCCNC(=O)[C@H](CC)N(Cc1ccc(F)cc1)C(=O)CN(c1ccc(OCC)cc1)S(C)(=O)=O. The molecule has 0 aliphatic carbocycles. The van der Waals surface area contributed by atoms with Crippen LogP contribution < -0.4 is 14.4 Å². The first-order valence-corrected chi connectivity index (χ1v) is 14.0. The Hall–Kier alpha value is -3.14. The van der Waals surface area contributed by atoms with Gasteiger partial charge in [-0.1, -0.05) is 32.4 Å². The zero-order valence-corrected chi connectivity index (χ0v) is 22.2. The lowest BCUT2D eigenvalue weighted by Crippen LogP contribution is -2.52. The number of rotatable bonds is 14. The molecule has 0 aliphatic rings. The Balaban J connectivity index is 2.37. The number of carbonyl (C=O) groups excluding carboxylic acids is 2. The average molecular weight is 522 g/mol. The highest BCUT2D eigenvalue weighted by Crippen LogP contribution is 2.23. The summed E-state index contributed by atoms with van der Waals surface area (Å²) in [6.45, 7) is 6.11. The number of amides is 2. The van der Waals surface area contributed by atoms with Crippen LogP contribution in [0.3, 0.4) is 0 Å². The van der Waals surface area contributed by atoms with Crippen molar-refractivity contribution in [3.8, 4) is 5.75 Å². The highest BCUT2D eigenvalue weighted by Gasteiger charge is 2.31. The van der Waals surface area contributed by atoms with Crippen LogP contribution in [0.1, 0.15) is 45.6 Å². The van der Waals surface area contributed by atoms with Crippen molar-refractivity contribution in [2.75, 3.05) is 30.3 Å². The Morgan fingerprint density at radius 3 is 2.19 bits per heavy atom. The topological polar surface area (TPSA) is 96.0 Å². The summed E-state index contributed by atoms with van der Waals surface area (Å²) in [5, 5.41) is 2.86. The van der Waals surface area contributed by atoms with Gasteiger partial charge in [-0.2, -0.15) is 0 Å². The van der Waals surface area contributed by atoms with Crippen molar-refractivity contribution in [2.45, 2.75) is 52.6 Å². The summed E-state index contributed by atoms with van der Waals surface area (Å²) in [5.41, 5.74) is 0.924. The van der Waals surface area contributed by atoms with E-state index in [4.69, 9.17) is 4.74 Å². The van der Waals surface area contributed by atoms with E-state index in [0.717, 1.165) is 23.4 Å². The molecule has 2 aromatic rings. The van der Waals surface area contributed by atoms with Crippen molar-refractivity contribution < 1.29 is 27.1 Å². The number of carbonyl (C=O) groups is 2. The van der Waals surface area contributed by atoms with Crippen LogP contribution in [0.25, 0.3) is 0 Å². The van der Waals surface area contributed by atoms with Crippen molar-refractivity contribution in [1.29, 1.82) is 0 Å². The molecular formula is C26H36FN3O5S. The molecule has 8 nitrogen and oxygen atoms in total. The maximum atomic E-state index is 13.6. The van der Waals surface area contributed by atoms with Crippen LogP contribution in [0, 0.1) is 5.82 Å². The maximum absolute atomic E-state index is 13.6. The van der Waals surface area contributed by atoms with Crippen LogP contribution in [0.4, 0.5) is 10.1 Å². The number of ether oxygens (including phenoxy) is 1. The molecule has 36 heavy (non-hydrogen) atoms. The molecule has 0 aliphatic heterocycles. The summed E-state index contributed by atoms with van der Waals surface area (Å²) in [6, 6.07) is 11.2. The Labute approximate surface area is 213 Å². The van der Waals surface area contributed by atoms with Crippen molar-refractivity contribution >= 4 is 27.5 Å². The fourth-order valence-corrected chi connectivity index (χ4v) is 4.55. The molecule has 0 saturated heterocycles. The van der Waals surface area contributed by atoms with E-state index in [1.165, 1.54) is 29.2 Å². The van der Waals surface area contributed by atoms with Gasteiger partial charge in [0.05, 0.1) is 18.6 Å². The molecule has 0 aromatic heterocycles. The molecule has 0 unspecified atom stereocenters. The fraction of sp³-hybridized carbons (Fsp3) is 0.462. The van der Waals surface area contributed by atoms with Gasteiger partial charge in [0.2, 0.25) is 21.8 Å². The second-order valence-electron chi connectivity index (χ2n) is 8.41. The normalized spacial score (nSPS) is 12.0. The summed E-state index contributed by atoms with van der Waals surface area (Å²) < 4.78 is 45.2. The lowest BCUT2D eigenvalue weighted by molar-refractivity contribution is -0.140. The third-order valence-corrected chi connectivity index (χ3v) is 6.74. The van der Waals surface area contributed by atoms with Gasteiger partial charge in [-0.3, -0.25) is 13.9 Å². The third-order valence-electron chi connectivity index (χ3n) is 5.60. The van der Waals surface area contributed by atoms with Gasteiger partial charge >= 0.3 is 0 Å². The Bertz CT molecular complexity index is 1090. The zero-order chi connectivity index (χ0) is 26.7. The quantitative estimate of drug-likeness (QED) is 0.383. The van der Waals surface area contributed by atoms with E-state index in [1.807, 2.05) is 13.8 Å². The Morgan fingerprint density at radius 2 is 1.67 bits per heavy atom. The molecule has 1 N–H and O–H groups in total. The Kier molecular flexibility index (Phi) is 11.2. The average Bonchev–Trinajstić information content (AvgIpc) is 2.84. The summed E-state index contributed by atoms with van der Waals surface area (Å²) in [6.07, 6.45) is 3.05. The largest absolute Gasteiger partial charge is 0.494 e. The van der Waals surface area contributed by atoms with E-state index in [1.54, 1.807) is 31.2 Å². The summed E-state index contributed by atoms with van der Waals surface area (Å²) in [4.78, 5) is 27.9. The van der Waals surface area contributed by atoms with Crippen molar-refractivity contribution in [2.24, 2.45) is 0 Å². The van der Waals surface area contributed by atoms with E-state index < -0.39 is 34.3 Å². The molecule has 1 atom stereocenters. The minimum absolute atomic E-state index is 0.0275. The van der Waals surface area contributed by atoms with Crippen LogP contribution in [0.2, 0.25) is 0 Å². The number of nitrogens with zero attached hydrogens (tertiary/aromatic N) is 2. The summed E-state index contributed by atoms with van der Waals surface area (Å²) >= 11 is 0. The molecule has 2 aromatic carbocycles. The van der Waals surface area contributed by atoms with Gasteiger partial charge in [-0.25, -0.2) is 12.8 Å². The number of halogens is 1. The lowest BCUT2D eigenvalue weighted by atomic mass is 10.1. The number of sulfonamides is 1. The number of benzene rings is 2. The lowest BCUT2D eigenvalue weighted by Gasteiger charge is -2.33. The predicted molar refractivity (Wildman–Crippen MR) is 139 cm³/mol. The molecule has 0 fully saturated rings. The second kappa shape index (κ2) is 13.8. The Morgan fingerprint density at radius 1 is 1.03 bits per heavy atom. The molecule has 0 spiro atoms. The summed E-state index contributed by atoms with van der Waals surface area (Å²) in [7, 11) is -3.83. The van der Waals surface area contributed by atoms with Crippen molar-refractivity contribution in [1.82, 2.24) is 10.2 Å². The molecule has 2 rings (SSSR count). The molecule has 0 bridgehead atoms. The molecular weight excluding hydrogens is 485 g/mol. The van der Waals surface area contributed by atoms with Gasteiger partial charge < -0.3 is 15.0 Å². The van der Waals surface area contributed by atoms with Crippen molar-refractivity contribution in [3.63, 3.8) is 0 Å². The van der Waals surface area contributed by atoms with E-state index >= 15 is 0 Å². The predicted octanol–water partition coefficient (Wildman–Crippen LogP) is 3.71. The molecule has 0 radical (unpaired) electrons. The zero-order valence-electron chi connectivity index (χ0n) is 21.4. The van der Waals surface area contributed by atoms with Crippen LogP contribution in [-0.2, 0) is 26.2 Å². The molecule has 2 amide bonds. The smallest absolute Gasteiger partial charge is 0.244 e. The molecule has 10 heteroatoms. The maximum Gasteiger partial charge on any atom is 0.244 e. The highest BCUT2D eigenvalue weighted by molar-refractivity contribution is 7.92. The number of hydrogen-bond donors (Lipinski definition) is 1. The first kappa shape index (κ1) is 29.1.